The maximum absolute atomic E-state index is 12.6. The van der Waals surface area contributed by atoms with Crippen molar-refractivity contribution in [2.75, 3.05) is 6.61 Å². The molecule has 0 bridgehead atoms. The van der Waals surface area contributed by atoms with E-state index in [1.807, 2.05) is 38.1 Å². The lowest BCUT2D eigenvalue weighted by Crippen LogP contribution is -2.50. The molecule has 0 fully saturated rings. The molecule has 162 valence electrons. The van der Waals surface area contributed by atoms with Gasteiger partial charge >= 0.3 is 5.97 Å². The summed E-state index contributed by atoms with van der Waals surface area (Å²) < 4.78 is 5.10. The average molecular weight is 421 g/mol. The lowest BCUT2D eigenvalue weighted by molar-refractivity contribution is -0.149. The number of carbonyl (C=O) groups excluding carboxylic acids is 3. The van der Waals surface area contributed by atoms with Crippen LogP contribution in [0.3, 0.4) is 0 Å². The number of hydrogen-bond acceptors (Lipinski definition) is 5. The van der Waals surface area contributed by atoms with Crippen molar-refractivity contribution in [3.8, 4) is 6.07 Å². The molecule has 2 atom stereocenters. The molecule has 0 saturated carbocycles. The maximum atomic E-state index is 12.6. The van der Waals surface area contributed by atoms with E-state index < -0.39 is 30.1 Å². The Morgan fingerprint density at radius 2 is 1.61 bits per heavy atom. The molecule has 2 aromatic rings. The van der Waals surface area contributed by atoms with Gasteiger partial charge in [0, 0.05) is 5.56 Å². The molecule has 0 aliphatic rings. The van der Waals surface area contributed by atoms with Crippen molar-refractivity contribution in [3.63, 3.8) is 0 Å². The topological polar surface area (TPSA) is 108 Å². The molecule has 7 heteroatoms. The van der Waals surface area contributed by atoms with Crippen molar-refractivity contribution < 1.29 is 19.1 Å². The molecule has 0 spiro atoms. The fourth-order valence-electron chi connectivity index (χ4n) is 2.77. The molecule has 2 amide bonds. The Balaban J connectivity index is 2.01. The Morgan fingerprint density at radius 1 is 1.03 bits per heavy atom. The molecule has 0 saturated heterocycles. The highest BCUT2D eigenvalue weighted by atomic mass is 16.5. The number of nitrogens with zero attached hydrogens (tertiary/aromatic N) is 1. The first-order chi connectivity index (χ1) is 14.7. The number of nitriles is 1. The number of nitrogens with one attached hydrogen (secondary N) is 2. The molecule has 0 aromatic heterocycles. The van der Waals surface area contributed by atoms with Gasteiger partial charge in [0.15, 0.2) is 6.61 Å². The summed E-state index contributed by atoms with van der Waals surface area (Å²) in [5.74, 6) is -1.63. The largest absolute Gasteiger partial charge is 0.456 e. The molecule has 2 rings (SSSR count). The van der Waals surface area contributed by atoms with E-state index in [1.54, 1.807) is 43.3 Å². The standard InChI is InChI=1S/C24H27N3O4/c1-17(2)24(3,16-25)27-21(28)15-31-22(29)14-20(18-10-6-4-7-11-18)26-23(30)19-12-8-5-9-13-19/h4-13,17,20H,14-15H2,1-3H3,(H,26,30)(H,27,28)/t20-,24+/m0/s1. The summed E-state index contributed by atoms with van der Waals surface area (Å²) in [6.07, 6.45) is -0.143. The van der Waals surface area contributed by atoms with Crippen LogP contribution >= 0.6 is 0 Å². The smallest absolute Gasteiger partial charge is 0.308 e. The predicted molar refractivity (Wildman–Crippen MR) is 116 cm³/mol. The van der Waals surface area contributed by atoms with Crippen molar-refractivity contribution in [1.29, 1.82) is 5.26 Å². The highest BCUT2D eigenvalue weighted by Gasteiger charge is 2.30. The predicted octanol–water partition coefficient (Wildman–Crippen LogP) is 3.15. The lowest BCUT2D eigenvalue weighted by atomic mass is 9.90. The Hall–Kier alpha value is -3.66. The zero-order valence-corrected chi connectivity index (χ0v) is 17.9. The van der Waals surface area contributed by atoms with E-state index in [0.29, 0.717) is 5.56 Å². The molecule has 31 heavy (non-hydrogen) atoms. The number of benzene rings is 2. The highest BCUT2D eigenvalue weighted by Crippen LogP contribution is 2.19. The maximum Gasteiger partial charge on any atom is 0.308 e. The van der Waals surface area contributed by atoms with Gasteiger partial charge in [-0.25, -0.2) is 0 Å². The fraction of sp³-hybridized carbons (Fsp3) is 0.333. The first-order valence-electron chi connectivity index (χ1n) is 10.0. The van der Waals surface area contributed by atoms with Gasteiger partial charge in [-0.1, -0.05) is 62.4 Å². The summed E-state index contributed by atoms with van der Waals surface area (Å²) >= 11 is 0. The summed E-state index contributed by atoms with van der Waals surface area (Å²) in [6.45, 7) is 4.74. The molecule has 7 nitrogen and oxygen atoms in total. The summed E-state index contributed by atoms with van der Waals surface area (Å²) in [5.41, 5.74) is 0.158. The van der Waals surface area contributed by atoms with E-state index in [0.717, 1.165) is 5.56 Å². The SMILES string of the molecule is CC(C)[C@@](C)(C#N)NC(=O)COC(=O)C[C@H](NC(=O)c1ccccc1)c1ccccc1. The van der Waals surface area contributed by atoms with E-state index in [1.165, 1.54) is 0 Å². The van der Waals surface area contributed by atoms with Gasteiger partial charge in [-0.2, -0.15) is 5.26 Å². The fourth-order valence-corrected chi connectivity index (χ4v) is 2.77. The van der Waals surface area contributed by atoms with E-state index in [9.17, 15) is 19.6 Å². The molecule has 0 heterocycles. The molecular formula is C24H27N3O4. The van der Waals surface area contributed by atoms with Gasteiger partial charge in [-0.05, 0) is 30.5 Å². The minimum Gasteiger partial charge on any atom is -0.456 e. The number of amides is 2. The van der Waals surface area contributed by atoms with E-state index in [2.05, 4.69) is 16.7 Å². The van der Waals surface area contributed by atoms with E-state index in [4.69, 9.17) is 4.74 Å². The highest BCUT2D eigenvalue weighted by molar-refractivity contribution is 5.94. The van der Waals surface area contributed by atoms with Crippen LogP contribution in [0.4, 0.5) is 0 Å². The van der Waals surface area contributed by atoms with Gasteiger partial charge in [0.25, 0.3) is 11.8 Å². The van der Waals surface area contributed by atoms with E-state index >= 15 is 0 Å². The van der Waals surface area contributed by atoms with Crippen molar-refractivity contribution in [1.82, 2.24) is 10.6 Å². The summed E-state index contributed by atoms with van der Waals surface area (Å²) in [7, 11) is 0. The summed E-state index contributed by atoms with van der Waals surface area (Å²) in [5, 5.41) is 14.7. The van der Waals surface area contributed by atoms with Crippen LogP contribution in [0.1, 0.15) is 49.2 Å². The van der Waals surface area contributed by atoms with Crippen molar-refractivity contribution in [2.24, 2.45) is 5.92 Å². The van der Waals surface area contributed by atoms with Crippen LogP contribution in [0, 0.1) is 17.2 Å². The molecule has 2 N–H and O–H groups in total. The van der Waals surface area contributed by atoms with Gasteiger partial charge < -0.3 is 15.4 Å². The van der Waals surface area contributed by atoms with Crippen LogP contribution in [-0.2, 0) is 14.3 Å². The third kappa shape index (κ3) is 6.96. The number of esters is 1. The average Bonchev–Trinajstić information content (AvgIpc) is 2.78. The van der Waals surface area contributed by atoms with Crippen LogP contribution in [0.5, 0.6) is 0 Å². The Labute approximate surface area is 182 Å². The van der Waals surface area contributed by atoms with E-state index in [-0.39, 0.29) is 18.2 Å². The summed E-state index contributed by atoms with van der Waals surface area (Å²) in [4.78, 5) is 37.1. The molecule has 0 aliphatic carbocycles. The van der Waals surface area contributed by atoms with Gasteiger partial charge in [-0.15, -0.1) is 0 Å². The van der Waals surface area contributed by atoms with Gasteiger partial charge in [0.2, 0.25) is 0 Å². The van der Waals surface area contributed by atoms with Gasteiger partial charge in [0.05, 0.1) is 18.5 Å². The normalized spacial score (nSPS) is 13.4. The van der Waals surface area contributed by atoms with Gasteiger partial charge in [0.1, 0.15) is 5.54 Å². The van der Waals surface area contributed by atoms with Crippen molar-refractivity contribution in [3.05, 3.63) is 71.8 Å². The monoisotopic (exact) mass is 421 g/mol. The molecule has 0 aliphatic heterocycles. The van der Waals surface area contributed by atoms with Crippen LogP contribution in [-0.4, -0.2) is 29.9 Å². The quantitative estimate of drug-likeness (QED) is 0.605. The first-order valence-corrected chi connectivity index (χ1v) is 10.0. The number of rotatable bonds is 9. The van der Waals surface area contributed by atoms with Gasteiger partial charge in [-0.3, -0.25) is 14.4 Å². The second-order valence-corrected chi connectivity index (χ2v) is 7.68. The minimum absolute atomic E-state index is 0.118. The molecule has 0 radical (unpaired) electrons. The number of ether oxygens (including phenoxy) is 1. The van der Waals surface area contributed by atoms with Crippen LogP contribution in [0.2, 0.25) is 0 Å². The van der Waals surface area contributed by atoms with Crippen molar-refractivity contribution >= 4 is 17.8 Å². The Kier molecular flexibility index (Phi) is 8.33. The third-order valence-electron chi connectivity index (χ3n) is 5.06. The second kappa shape index (κ2) is 10.9. The zero-order valence-electron chi connectivity index (χ0n) is 17.9. The number of carbonyl (C=O) groups is 3. The number of hydrogen-bond donors (Lipinski definition) is 2. The van der Waals surface area contributed by atoms with Crippen molar-refractivity contribution in [2.45, 2.75) is 38.8 Å². The van der Waals surface area contributed by atoms with Crippen LogP contribution in [0.15, 0.2) is 60.7 Å². The summed E-state index contributed by atoms with van der Waals surface area (Å²) in [6, 6.07) is 19.2. The van der Waals surface area contributed by atoms with Crippen LogP contribution in [0.25, 0.3) is 0 Å². The molecular weight excluding hydrogens is 394 g/mol. The molecule has 2 aromatic carbocycles. The lowest BCUT2D eigenvalue weighted by Gasteiger charge is -2.27. The first kappa shape index (κ1) is 23.6. The third-order valence-corrected chi connectivity index (χ3v) is 5.06. The minimum atomic E-state index is -1.06. The Morgan fingerprint density at radius 3 is 2.16 bits per heavy atom. The Bertz CT molecular complexity index is 938. The second-order valence-electron chi connectivity index (χ2n) is 7.68. The van der Waals surface area contributed by atoms with Crippen LogP contribution < -0.4 is 10.6 Å². The molecule has 0 unspecified atom stereocenters. The zero-order chi connectivity index (χ0) is 22.9.